The number of primary amides is 1. The van der Waals surface area contributed by atoms with Crippen LogP contribution in [0, 0.1) is 0 Å². The second-order valence-corrected chi connectivity index (χ2v) is 6.99. The molecule has 0 aromatic heterocycles. The molecule has 1 amide bonds. The van der Waals surface area contributed by atoms with E-state index in [2.05, 4.69) is 20.7 Å². The van der Waals surface area contributed by atoms with E-state index >= 15 is 0 Å². The zero-order valence-corrected chi connectivity index (χ0v) is 14.0. The minimum Gasteiger partial charge on any atom is -0.452 e. The Morgan fingerprint density at radius 1 is 1.48 bits per heavy atom. The van der Waals surface area contributed by atoms with E-state index in [4.69, 9.17) is 17.3 Å². The van der Waals surface area contributed by atoms with Crippen LogP contribution in [0.1, 0.15) is 6.92 Å². The Morgan fingerprint density at radius 3 is 2.62 bits per heavy atom. The summed E-state index contributed by atoms with van der Waals surface area (Å²) in [5.74, 6) is -1.76. The summed E-state index contributed by atoms with van der Waals surface area (Å²) < 4.78 is 31.2. The predicted octanol–water partition coefficient (Wildman–Crippen LogP) is 0.798. The lowest BCUT2D eigenvalue weighted by atomic mass is 10.4. The van der Waals surface area contributed by atoms with Gasteiger partial charge in [0, 0.05) is 4.47 Å². The number of amides is 1. The molecule has 1 atom stereocenters. The topological polar surface area (TPSA) is 116 Å². The van der Waals surface area contributed by atoms with Gasteiger partial charge in [-0.25, -0.2) is 8.42 Å². The van der Waals surface area contributed by atoms with Crippen molar-refractivity contribution in [1.82, 2.24) is 4.72 Å². The fourth-order valence-corrected chi connectivity index (χ4v) is 3.23. The number of carbonyl (C=O) groups is 2. The van der Waals surface area contributed by atoms with Gasteiger partial charge < -0.3 is 10.5 Å². The van der Waals surface area contributed by atoms with Gasteiger partial charge in [0.25, 0.3) is 5.91 Å². The van der Waals surface area contributed by atoms with Gasteiger partial charge in [0.2, 0.25) is 10.0 Å². The van der Waals surface area contributed by atoms with Gasteiger partial charge in [-0.1, -0.05) is 27.5 Å². The maximum Gasteiger partial charge on any atom is 0.321 e. The van der Waals surface area contributed by atoms with E-state index in [-0.39, 0.29) is 9.92 Å². The molecule has 0 saturated carbocycles. The Morgan fingerprint density at radius 2 is 2.10 bits per heavy atom. The highest BCUT2D eigenvalue weighted by Gasteiger charge is 2.21. The zero-order chi connectivity index (χ0) is 16.2. The summed E-state index contributed by atoms with van der Waals surface area (Å²) in [4.78, 5) is 21.9. The van der Waals surface area contributed by atoms with Gasteiger partial charge in [-0.05, 0) is 25.1 Å². The number of ether oxygens (including phenoxy) is 1. The highest BCUT2D eigenvalue weighted by molar-refractivity contribution is 9.10. The summed E-state index contributed by atoms with van der Waals surface area (Å²) in [5, 5.41) is -0.00394. The third kappa shape index (κ3) is 5.27. The predicted molar refractivity (Wildman–Crippen MR) is 79.1 cm³/mol. The summed E-state index contributed by atoms with van der Waals surface area (Å²) in [7, 11) is -3.98. The van der Waals surface area contributed by atoms with Crippen molar-refractivity contribution in [3.63, 3.8) is 0 Å². The van der Waals surface area contributed by atoms with Gasteiger partial charge in [0.15, 0.2) is 6.10 Å². The summed E-state index contributed by atoms with van der Waals surface area (Å²) in [6.45, 7) is 0.632. The monoisotopic (exact) mass is 398 g/mol. The number of nitrogens with one attached hydrogen (secondary N) is 1. The molecule has 0 unspecified atom stereocenters. The summed E-state index contributed by atoms with van der Waals surface area (Å²) in [5.41, 5.74) is 4.91. The fourth-order valence-electron chi connectivity index (χ4n) is 1.22. The Labute approximate surface area is 135 Å². The number of esters is 1. The Kier molecular flexibility index (Phi) is 6.14. The first-order valence-electron chi connectivity index (χ1n) is 5.57. The minimum absolute atomic E-state index is 0.00394. The smallest absolute Gasteiger partial charge is 0.321 e. The van der Waals surface area contributed by atoms with Crippen molar-refractivity contribution in [1.29, 1.82) is 0 Å². The highest BCUT2D eigenvalue weighted by Crippen LogP contribution is 2.24. The number of rotatable bonds is 6. The molecular weight excluding hydrogens is 388 g/mol. The number of benzene rings is 1. The molecule has 0 radical (unpaired) electrons. The summed E-state index contributed by atoms with van der Waals surface area (Å²) in [6, 6.07) is 4.18. The van der Waals surface area contributed by atoms with Crippen LogP contribution in [-0.4, -0.2) is 32.9 Å². The molecule has 0 bridgehead atoms. The van der Waals surface area contributed by atoms with Crippen LogP contribution >= 0.6 is 27.5 Å². The molecule has 1 rings (SSSR count). The highest BCUT2D eigenvalue weighted by atomic mass is 79.9. The molecule has 0 saturated heterocycles. The van der Waals surface area contributed by atoms with E-state index in [1.807, 2.05) is 4.72 Å². The number of carbonyl (C=O) groups excluding carboxylic acids is 2. The fraction of sp³-hybridized carbons (Fsp3) is 0.273. The van der Waals surface area contributed by atoms with E-state index in [1.54, 1.807) is 0 Å². The zero-order valence-electron chi connectivity index (χ0n) is 10.8. The summed E-state index contributed by atoms with van der Waals surface area (Å²) >= 11 is 8.98. The van der Waals surface area contributed by atoms with E-state index < -0.39 is 34.5 Å². The lowest BCUT2D eigenvalue weighted by molar-refractivity contribution is -0.152. The Balaban J connectivity index is 2.73. The molecular formula is C11H12BrClN2O5S. The second-order valence-electron chi connectivity index (χ2n) is 3.93. The molecule has 0 aliphatic rings. The van der Waals surface area contributed by atoms with Crippen molar-refractivity contribution in [3.8, 4) is 0 Å². The second kappa shape index (κ2) is 7.21. The van der Waals surface area contributed by atoms with Gasteiger partial charge in [-0.3, -0.25) is 9.59 Å². The van der Waals surface area contributed by atoms with E-state index in [9.17, 15) is 18.0 Å². The largest absolute Gasteiger partial charge is 0.452 e. The maximum atomic E-state index is 12.0. The number of sulfonamides is 1. The maximum absolute atomic E-state index is 12.0. The van der Waals surface area contributed by atoms with Gasteiger partial charge >= 0.3 is 5.97 Å². The molecule has 10 heteroatoms. The normalized spacial score (nSPS) is 12.7. The molecule has 21 heavy (non-hydrogen) atoms. The van der Waals surface area contributed by atoms with Crippen LogP contribution < -0.4 is 10.5 Å². The number of hydrogen-bond acceptors (Lipinski definition) is 5. The average Bonchev–Trinajstić information content (AvgIpc) is 2.35. The van der Waals surface area contributed by atoms with Crippen molar-refractivity contribution in [3.05, 3.63) is 27.7 Å². The first kappa shape index (κ1) is 17.9. The lowest BCUT2D eigenvalue weighted by Crippen LogP contribution is -2.36. The molecule has 0 aliphatic carbocycles. The van der Waals surface area contributed by atoms with Crippen LogP contribution in [0.3, 0.4) is 0 Å². The number of hydrogen-bond donors (Lipinski definition) is 2. The van der Waals surface area contributed by atoms with Crippen LogP contribution in [0.25, 0.3) is 0 Å². The molecule has 0 spiro atoms. The van der Waals surface area contributed by atoms with Gasteiger partial charge in [0.1, 0.15) is 11.4 Å². The summed E-state index contributed by atoms with van der Waals surface area (Å²) in [6.07, 6.45) is -1.14. The van der Waals surface area contributed by atoms with Crippen molar-refractivity contribution in [2.45, 2.75) is 17.9 Å². The SMILES string of the molecule is C[C@H](OC(=O)CNS(=O)(=O)c1ccc(Br)cc1Cl)C(N)=O. The minimum atomic E-state index is -3.98. The van der Waals surface area contributed by atoms with Crippen molar-refractivity contribution < 1.29 is 22.7 Å². The molecule has 0 aliphatic heterocycles. The molecule has 116 valence electrons. The first-order chi connectivity index (χ1) is 9.63. The molecule has 0 heterocycles. The van der Waals surface area contributed by atoms with E-state index in [0.29, 0.717) is 4.47 Å². The van der Waals surface area contributed by atoms with Crippen LogP contribution in [0.15, 0.2) is 27.6 Å². The van der Waals surface area contributed by atoms with Crippen molar-refractivity contribution >= 4 is 49.4 Å². The van der Waals surface area contributed by atoms with Crippen molar-refractivity contribution in [2.24, 2.45) is 5.73 Å². The van der Waals surface area contributed by atoms with Crippen LogP contribution in [0.2, 0.25) is 5.02 Å². The van der Waals surface area contributed by atoms with Crippen molar-refractivity contribution in [2.75, 3.05) is 6.54 Å². The lowest BCUT2D eigenvalue weighted by Gasteiger charge is -2.11. The molecule has 1 aromatic rings. The number of nitrogens with two attached hydrogens (primary N) is 1. The first-order valence-corrected chi connectivity index (χ1v) is 8.22. The average molecular weight is 400 g/mol. The van der Waals surface area contributed by atoms with Crippen LogP contribution in [-0.2, 0) is 24.3 Å². The number of halogens is 2. The standard InChI is InChI=1S/C11H12BrClN2O5S/c1-6(11(14)17)20-10(16)5-15-21(18,19)9-3-2-7(12)4-8(9)13/h2-4,6,15H,5H2,1H3,(H2,14,17)/t6-/m0/s1. The van der Waals surface area contributed by atoms with Crippen LogP contribution in [0.4, 0.5) is 0 Å². The molecule has 3 N–H and O–H groups in total. The molecule has 1 aromatic carbocycles. The molecule has 0 fully saturated rings. The van der Waals surface area contributed by atoms with Gasteiger partial charge in [0.05, 0.1) is 5.02 Å². The Hall–Kier alpha value is -1.16. The Bertz CT molecular complexity index is 665. The van der Waals surface area contributed by atoms with Crippen LogP contribution in [0.5, 0.6) is 0 Å². The van der Waals surface area contributed by atoms with Gasteiger partial charge in [-0.2, -0.15) is 4.72 Å². The quantitative estimate of drug-likeness (QED) is 0.686. The van der Waals surface area contributed by atoms with Gasteiger partial charge in [-0.15, -0.1) is 0 Å². The third-order valence-electron chi connectivity index (χ3n) is 2.30. The van der Waals surface area contributed by atoms with E-state index in [1.165, 1.54) is 25.1 Å². The molecule has 7 nitrogen and oxygen atoms in total. The van der Waals surface area contributed by atoms with E-state index in [0.717, 1.165) is 0 Å². The third-order valence-corrected chi connectivity index (χ3v) is 4.68.